The number of rotatable bonds is 6. The van der Waals surface area contributed by atoms with Crippen molar-refractivity contribution in [2.24, 2.45) is 0 Å². The molecule has 0 aliphatic carbocycles. The molecule has 0 aromatic rings. The lowest BCUT2D eigenvalue weighted by Crippen LogP contribution is -2.59. The van der Waals surface area contributed by atoms with Crippen molar-refractivity contribution in [3.63, 3.8) is 0 Å². The summed E-state index contributed by atoms with van der Waals surface area (Å²) in [5.41, 5.74) is 0. The van der Waals surface area contributed by atoms with Crippen molar-refractivity contribution < 1.29 is 13.2 Å². The largest absolute Gasteiger partial charge is 0.353 e. The Hall–Kier alpha value is -0.660. The third-order valence-corrected chi connectivity index (χ3v) is 5.12. The average Bonchev–Trinajstić information content (AvgIpc) is 2.32. The maximum Gasteiger partial charge on any atom is 0.282 e. The Morgan fingerprint density at radius 1 is 1.33 bits per heavy atom. The second-order valence-corrected chi connectivity index (χ2v) is 6.37. The van der Waals surface area contributed by atoms with Crippen molar-refractivity contribution in [3.05, 3.63) is 0 Å². The molecule has 1 amide bonds. The van der Waals surface area contributed by atoms with E-state index >= 15 is 0 Å². The van der Waals surface area contributed by atoms with Gasteiger partial charge in [-0.25, -0.2) is 0 Å². The second-order valence-electron chi connectivity index (χ2n) is 4.48. The number of carbonyl (C=O) groups excluding carboxylic acids is 1. The highest BCUT2D eigenvalue weighted by Crippen LogP contribution is 2.15. The fraction of sp³-hybridized carbons (Fsp3) is 0.909. The minimum Gasteiger partial charge on any atom is -0.353 e. The van der Waals surface area contributed by atoms with E-state index < -0.39 is 16.3 Å². The molecule has 0 spiro atoms. The Morgan fingerprint density at radius 3 is 2.39 bits per heavy atom. The van der Waals surface area contributed by atoms with Crippen LogP contribution in [0.3, 0.4) is 0 Å². The molecule has 0 aromatic carbocycles. The lowest BCUT2D eigenvalue weighted by molar-refractivity contribution is -0.126. The van der Waals surface area contributed by atoms with Crippen molar-refractivity contribution in [1.82, 2.24) is 13.9 Å². The highest BCUT2D eigenvalue weighted by atomic mass is 32.2. The molecule has 6 nitrogen and oxygen atoms in total. The van der Waals surface area contributed by atoms with Gasteiger partial charge in [-0.15, -0.1) is 0 Å². The molecule has 0 bridgehead atoms. The number of nitrogens with one attached hydrogen (secondary N) is 1. The highest BCUT2D eigenvalue weighted by Gasteiger charge is 2.37. The van der Waals surface area contributed by atoms with Crippen molar-refractivity contribution in [3.8, 4) is 0 Å². The molecule has 1 heterocycles. The summed E-state index contributed by atoms with van der Waals surface area (Å²) in [5, 5.41) is 2.67. The topological polar surface area (TPSA) is 69.7 Å². The lowest BCUT2D eigenvalue weighted by atomic mass is 10.2. The van der Waals surface area contributed by atoms with Crippen LogP contribution in [0.25, 0.3) is 0 Å². The second kappa shape index (κ2) is 6.49. The molecule has 1 N–H and O–H groups in total. The maximum atomic E-state index is 12.5. The van der Waals surface area contributed by atoms with Crippen LogP contribution in [0, 0.1) is 0 Å². The zero-order valence-electron chi connectivity index (χ0n) is 11.3. The molecule has 1 atom stereocenters. The van der Waals surface area contributed by atoms with Gasteiger partial charge in [0.1, 0.15) is 6.04 Å². The predicted molar refractivity (Wildman–Crippen MR) is 70.3 cm³/mol. The van der Waals surface area contributed by atoms with Gasteiger partial charge in [0, 0.05) is 26.2 Å². The monoisotopic (exact) mass is 277 g/mol. The van der Waals surface area contributed by atoms with E-state index in [-0.39, 0.29) is 5.91 Å². The molecule has 106 valence electrons. The van der Waals surface area contributed by atoms with Crippen LogP contribution in [0.15, 0.2) is 0 Å². The smallest absolute Gasteiger partial charge is 0.282 e. The summed E-state index contributed by atoms with van der Waals surface area (Å²) in [6.07, 6.45) is 1.54. The van der Waals surface area contributed by atoms with Crippen LogP contribution in [-0.4, -0.2) is 55.2 Å². The maximum absolute atomic E-state index is 12.5. The predicted octanol–water partition coefficient (Wildman–Crippen LogP) is 0.174. The summed E-state index contributed by atoms with van der Waals surface area (Å²) in [6, 6.07) is -0.625. The third-order valence-electron chi connectivity index (χ3n) is 3.01. The summed E-state index contributed by atoms with van der Waals surface area (Å²) >= 11 is 0. The molecular formula is C11H23N3O3S. The van der Waals surface area contributed by atoms with Gasteiger partial charge in [-0.05, 0) is 19.8 Å². The summed E-state index contributed by atoms with van der Waals surface area (Å²) in [6.45, 7) is 7.26. The van der Waals surface area contributed by atoms with E-state index in [1.54, 1.807) is 6.92 Å². The molecule has 1 saturated heterocycles. The molecule has 0 saturated carbocycles. The Bertz CT molecular complexity index is 377. The average molecular weight is 277 g/mol. The van der Waals surface area contributed by atoms with Crippen LogP contribution in [0.2, 0.25) is 0 Å². The molecule has 1 fully saturated rings. The molecule has 1 rings (SSSR count). The van der Waals surface area contributed by atoms with Crippen LogP contribution in [0.5, 0.6) is 0 Å². The van der Waals surface area contributed by atoms with Gasteiger partial charge in [0.2, 0.25) is 5.91 Å². The summed E-state index contributed by atoms with van der Waals surface area (Å²) < 4.78 is 27.8. The van der Waals surface area contributed by atoms with Gasteiger partial charge in [0.15, 0.2) is 0 Å². The minimum absolute atomic E-state index is 0.224. The van der Waals surface area contributed by atoms with E-state index in [1.165, 1.54) is 8.61 Å². The summed E-state index contributed by atoms with van der Waals surface area (Å²) in [5.74, 6) is -0.224. The quantitative estimate of drug-likeness (QED) is 0.752. The summed E-state index contributed by atoms with van der Waals surface area (Å²) in [4.78, 5) is 11.6. The minimum atomic E-state index is -3.52. The first-order valence-electron chi connectivity index (χ1n) is 6.49. The molecule has 1 aliphatic rings. The summed E-state index contributed by atoms with van der Waals surface area (Å²) in [7, 11) is -3.52. The number of carbonyl (C=O) groups is 1. The standard InChI is InChI=1S/C11H23N3O3S/c1-4-7-13(8-5-2)18(16,17)14-9-6-12-11(15)10(14)3/h10H,4-9H2,1-3H3,(H,12,15). The molecular weight excluding hydrogens is 254 g/mol. The van der Waals surface area contributed by atoms with Gasteiger partial charge in [-0.1, -0.05) is 13.8 Å². The molecule has 1 aliphatic heterocycles. The Balaban J connectivity index is 2.91. The Morgan fingerprint density at radius 2 is 1.89 bits per heavy atom. The van der Waals surface area contributed by atoms with Gasteiger partial charge in [0.25, 0.3) is 10.2 Å². The van der Waals surface area contributed by atoms with Gasteiger partial charge in [-0.2, -0.15) is 17.0 Å². The van der Waals surface area contributed by atoms with E-state index in [0.29, 0.717) is 26.2 Å². The van der Waals surface area contributed by atoms with Crippen LogP contribution in [0.1, 0.15) is 33.6 Å². The lowest BCUT2D eigenvalue weighted by Gasteiger charge is -2.35. The SMILES string of the molecule is CCCN(CCC)S(=O)(=O)N1CCNC(=O)C1C. The van der Waals surface area contributed by atoms with Gasteiger partial charge < -0.3 is 5.32 Å². The van der Waals surface area contributed by atoms with Crippen LogP contribution >= 0.6 is 0 Å². The van der Waals surface area contributed by atoms with Crippen molar-refractivity contribution in [2.75, 3.05) is 26.2 Å². The van der Waals surface area contributed by atoms with Crippen molar-refractivity contribution in [1.29, 1.82) is 0 Å². The number of piperazine rings is 1. The van der Waals surface area contributed by atoms with Crippen LogP contribution < -0.4 is 5.32 Å². The van der Waals surface area contributed by atoms with E-state index in [1.807, 2.05) is 13.8 Å². The fourth-order valence-corrected chi connectivity index (χ4v) is 4.01. The first-order valence-corrected chi connectivity index (χ1v) is 7.89. The molecule has 0 aromatic heterocycles. The van der Waals surface area contributed by atoms with Gasteiger partial charge >= 0.3 is 0 Å². The van der Waals surface area contributed by atoms with E-state index in [4.69, 9.17) is 0 Å². The number of nitrogens with zero attached hydrogens (tertiary/aromatic N) is 2. The van der Waals surface area contributed by atoms with E-state index in [0.717, 1.165) is 12.8 Å². The molecule has 0 radical (unpaired) electrons. The highest BCUT2D eigenvalue weighted by molar-refractivity contribution is 7.86. The first kappa shape index (κ1) is 15.4. The van der Waals surface area contributed by atoms with Gasteiger partial charge in [-0.3, -0.25) is 4.79 Å². The van der Waals surface area contributed by atoms with Crippen LogP contribution in [0.4, 0.5) is 0 Å². The Labute approximate surface area is 110 Å². The third kappa shape index (κ3) is 3.21. The molecule has 1 unspecified atom stereocenters. The van der Waals surface area contributed by atoms with Crippen molar-refractivity contribution >= 4 is 16.1 Å². The first-order chi connectivity index (χ1) is 8.45. The molecule has 18 heavy (non-hydrogen) atoms. The number of hydrogen-bond acceptors (Lipinski definition) is 3. The normalized spacial score (nSPS) is 22.2. The fourth-order valence-electron chi connectivity index (χ4n) is 2.07. The zero-order chi connectivity index (χ0) is 13.8. The van der Waals surface area contributed by atoms with E-state index in [2.05, 4.69) is 5.32 Å². The number of hydrogen-bond donors (Lipinski definition) is 1. The number of amides is 1. The van der Waals surface area contributed by atoms with Crippen LogP contribution in [-0.2, 0) is 15.0 Å². The van der Waals surface area contributed by atoms with Gasteiger partial charge in [0.05, 0.1) is 0 Å². The van der Waals surface area contributed by atoms with Crippen molar-refractivity contribution in [2.45, 2.75) is 39.7 Å². The van der Waals surface area contributed by atoms with E-state index in [9.17, 15) is 13.2 Å². The zero-order valence-corrected chi connectivity index (χ0v) is 12.2. The molecule has 7 heteroatoms. The Kier molecular flexibility index (Phi) is 5.55.